The summed E-state index contributed by atoms with van der Waals surface area (Å²) >= 11 is 0. The average molecular weight is 382 g/mol. The van der Waals surface area contributed by atoms with Crippen molar-refractivity contribution in [3.05, 3.63) is 36.0 Å². The van der Waals surface area contributed by atoms with Crippen LogP contribution in [0.2, 0.25) is 0 Å². The number of carbonyl (C=O) groups is 2. The van der Waals surface area contributed by atoms with Crippen LogP contribution in [0.15, 0.2) is 30.5 Å². The molecular weight excluding hydrogens is 350 g/mol. The van der Waals surface area contributed by atoms with Gasteiger partial charge in [-0.1, -0.05) is 19.4 Å². The summed E-state index contributed by atoms with van der Waals surface area (Å²) in [4.78, 5) is 29.7. The highest BCUT2D eigenvalue weighted by Crippen LogP contribution is 2.39. The quantitative estimate of drug-likeness (QED) is 0.808. The van der Waals surface area contributed by atoms with Crippen molar-refractivity contribution in [2.24, 2.45) is 12.5 Å². The minimum Gasteiger partial charge on any atom is -0.351 e. The van der Waals surface area contributed by atoms with Crippen LogP contribution < -0.4 is 0 Å². The second-order valence-electron chi connectivity index (χ2n) is 8.70. The third kappa shape index (κ3) is 3.54. The molecule has 5 nitrogen and oxygen atoms in total. The number of aromatic nitrogens is 1. The van der Waals surface area contributed by atoms with E-state index in [1.807, 2.05) is 36.3 Å². The SMILES string of the molecule is CCCCN1CC2(CCCN(C(=O)c3ccc4ccn(C)c4c3)C2)CCC1=O. The number of hydrogen-bond acceptors (Lipinski definition) is 2. The Balaban J connectivity index is 1.51. The van der Waals surface area contributed by atoms with Crippen molar-refractivity contribution in [1.82, 2.24) is 14.4 Å². The van der Waals surface area contributed by atoms with Crippen molar-refractivity contribution in [3.8, 4) is 0 Å². The molecule has 5 heteroatoms. The van der Waals surface area contributed by atoms with Crippen LogP contribution in [0.3, 0.4) is 0 Å². The smallest absolute Gasteiger partial charge is 0.253 e. The number of hydrogen-bond donors (Lipinski definition) is 0. The van der Waals surface area contributed by atoms with Gasteiger partial charge in [0, 0.05) is 62.3 Å². The number of unbranched alkanes of at least 4 members (excludes halogenated alkanes) is 1. The predicted molar refractivity (Wildman–Crippen MR) is 111 cm³/mol. The Labute approximate surface area is 167 Å². The van der Waals surface area contributed by atoms with Crippen LogP contribution in [-0.2, 0) is 11.8 Å². The zero-order chi connectivity index (χ0) is 19.7. The first-order valence-corrected chi connectivity index (χ1v) is 10.6. The van der Waals surface area contributed by atoms with Gasteiger partial charge in [0.1, 0.15) is 0 Å². The lowest BCUT2D eigenvalue weighted by atomic mass is 9.73. The molecule has 0 saturated carbocycles. The molecule has 2 aliphatic rings. The average Bonchev–Trinajstić information content (AvgIpc) is 3.09. The van der Waals surface area contributed by atoms with Gasteiger partial charge in [-0.2, -0.15) is 0 Å². The van der Waals surface area contributed by atoms with Gasteiger partial charge >= 0.3 is 0 Å². The van der Waals surface area contributed by atoms with Crippen LogP contribution in [0.4, 0.5) is 0 Å². The summed E-state index contributed by atoms with van der Waals surface area (Å²) < 4.78 is 2.06. The van der Waals surface area contributed by atoms with E-state index in [-0.39, 0.29) is 17.2 Å². The fraction of sp³-hybridized carbons (Fsp3) is 0.565. The van der Waals surface area contributed by atoms with Gasteiger partial charge < -0.3 is 14.4 Å². The van der Waals surface area contributed by atoms with E-state index >= 15 is 0 Å². The Kier molecular flexibility index (Phi) is 5.17. The molecule has 2 saturated heterocycles. The van der Waals surface area contributed by atoms with E-state index in [9.17, 15) is 9.59 Å². The summed E-state index contributed by atoms with van der Waals surface area (Å²) in [5, 5.41) is 1.16. The summed E-state index contributed by atoms with van der Waals surface area (Å²) in [5.74, 6) is 0.413. The number of likely N-dealkylation sites (tertiary alicyclic amines) is 2. The molecule has 28 heavy (non-hydrogen) atoms. The molecule has 4 rings (SSSR count). The monoisotopic (exact) mass is 381 g/mol. The van der Waals surface area contributed by atoms with Crippen molar-refractivity contribution < 1.29 is 9.59 Å². The van der Waals surface area contributed by atoms with Gasteiger partial charge in [-0.25, -0.2) is 0 Å². The van der Waals surface area contributed by atoms with E-state index < -0.39 is 0 Å². The first kappa shape index (κ1) is 19.0. The highest BCUT2D eigenvalue weighted by molar-refractivity contribution is 5.98. The van der Waals surface area contributed by atoms with Crippen molar-refractivity contribution >= 4 is 22.7 Å². The maximum absolute atomic E-state index is 13.3. The molecule has 2 aliphatic heterocycles. The molecule has 3 heterocycles. The number of rotatable bonds is 4. The molecule has 0 aliphatic carbocycles. The van der Waals surface area contributed by atoms with E-state index in [0.717, 1.165) is 74.7 Å². The Hall–Kier alpha value is -2.30. The van der Waals surface area contributed by atoms with Crippen molar-refractivity contribution in [3.63, 3.8) is 0 Å². The second-order valence-corrected chi connectivity index (χ2v) is 8.70. The molecule has 1 aromatic carbocycles. The minimum atomic E-state index is 0.0740. The van der Waals surface area contributed by atoms with Crippen molar-refractivity contribution in [1.29, 1.82) is 0 Å². The summed E-state index contributed by atoms with van der Waals surface area (Å²) in [6, 6.07) is 8.07. The third-order valence-electron chi connectivity index (χ3n) is 6.61. The Morgan fingerprint density at radius 2 is 2.04 bits per heavy atom. The van der Waals surface area contributed by atoms with Crippen LogP contribution in [0.1, 0.15) is 55.8 Å². The molecule has 0 bridgehead atoms. The Morgan fingerprint density at radius 3 is 2.86 bits per heavy atom. The lowest BCUT2D eigenvalue weighted by molar-refractivity contribution is -0.139. The molecule has 1 aromatic heterocycles. The van der Waals surface area contributed by atoms with Gasteiger partial charge in [0.2, 0.25) is 5.91 Å². The first-order valence-electron chi connectivity index (χ1n) is 10.6. The summed E-state index contributed by atoms with van der Waals surface area (Å²) in [7, 11) is 2.01. The topological polar surface area (TPSA) is 45.5 Å². The zero-order valence-electron chi connectivity index (χ0n) is 17.1. The van der Waals surface area contributed by atoms with Gasteiger partial charge in [0.15, 0.2) is 0 Å². The van der Waals surface area contributed by atoms with Crippen molar-refractivity contribution in [2.75, 3.05) is 26.2 Å². The van der Waals surface area contributed by atoms with E-state index in [0.29, 0.717) is 6.42 Å². The fourth-order valence-electron chi connectivity index (χ4n) is 4.95. The number of benzene rings is 1. The molecule has 0 N–H and O–H groups in total. The molecule has 2 fully saturated rings. The highest BCUT2D eigenvalue weighted by atomic mass is 16.2. The Bertz CT molecular complexity index is 887. The normalized spacial score (nSPS) is 23.0. The Morgan fingerprint density at radius 1 is 1.18 bits per heavy atom. The van der Waals surface area contributed by atoms with E-state index in [1.54, 1.807) is 0 Å². The van der Waals surface area contributed by atoms with Crippen molar-refractivity contribution in [2.45, 2.75) is 45.4 Å². The van der Waals surface area contributed by atoms with E-state index in [4.69, 9.17) is 0 Å². The number of piperidine rings is 2. The number of nitrogens with zero attached hydrogens (tertiary/aromatic N) is 3. The predicted octanol–water partition coefficient (Wildman–Crippen LogP) is 3.82. The summed E-state index contributed by atoms with van der Waals surface area (Å²) in [5.41, 5.74) is 1.93. The van der Waals surface area contributed by atoms with E-state index in [2.05, 4.69) is 22.5 Å². The fourth-order valence-corrected chi connectivity index (χ4v) is 4.95. The maximum Gasteiger partial charge on any atom is 0.253 e. The number of amides is 2. The molecule has 1 atom stereocenters. The van der Waals surface area contributed by atoms with Crippen LogP contribution in [0.25, 0.3) is 10.9 Å². The minimum absolute atomic E-state index is 0.0740. The van der Waals surface area contributed by atoms with E-state index in [1.165, 1.54) is 0 Å². The van der Waals surface area contributed by atoms with Crippen LogP contribution in [-0.4, -0.2) is 52.4 Å². The zero-order valence-corrected chi connectivity index (χ0v) is 17.1. The van der Waals surface area contributed by atoms with Gasteiger partial charge in [0.05, 0.1) is 0 Å². The van der Waals surface area contributed by atoms with Gasteiger partial charge in [-0.15, -0.1) is 0 Å². The second kappa shape index (κ2) is 7.61. The molecule has 150 valence electrons. The van der Waals surface area contributed by atoms with Crippen LogP contribution in [0, 0.1) is 5.41 Å². The number of aryl methyl sites for hydroxylation is 1. The number of carbonyl (C=O) groups excluding carboxylic acids is 2. The maximum atomic E-state index is 13.3. The molecule has 2 amide bonds. The lowest BCUT2D eigenvalue weighted by Gasteiger charge is -2.48. The van der Waals surface area contributed by atoms with Crippen LogP contribution >= 0.6 is 0 Å². The largest absolute Gasteiger partial charge is 0.351 e. The molecular formula is C23H31N3O2. The molecule has 0 radical (unpaired) electrons. The lowest BCUT2D eigenvalue weighted by Crippen LogP contribution is -2.55. The summed E-state index contributed by atoms with van der Waals surface area (Å²) in [6.45, 7) is 5.41. The third-order valence-corrected chi connectivity index (χ3v) is 6.61. The molecule has 2 aromatic rings. The standard InChI is InChI=1S/C23H31N3O2/c1-3-4-12-25-16-23(11-8-21(25)27)10-5-13-26(17-23)22(28)19-7-6-18-9-14-24(2)20(18)15-19/h6-7,9,14-15H,3-5,8,10-13,16-17H2,1-2H3. The highest BCUT2D eigenvalue weighted by Gasteiger charge is 2.42. The number of fused-ring (bicyclic) bond motifs is 1. The van der Waals surface area contributed by atoms with Crippen LogP contribution in [0.5, 0.6) is 0 Å². The molecule has 1 unspecified atom stereocenters. The van der Waals surface area contributed by atoms with Gasteiger partial charge in [-0.05, 0) is 49.3 Å². The van der Waals surface area contributed by atoms with Gasteiger partial charge in [-0.3, -0.25) is 9.59 Å². The summed E-state index contributed by atoms with van der Waals surface area (Å²) in [6.07, 6.45) is 7.86. The molecule has 1 spiro atoms. The van der Waals surface area contributed by atoms with Gasteiger partial charge in [0.25, 0.3) is 5.91 Å². The first-order chi connectivity index (χ1) is 13.5.